The second kappa shape index (κ2) is 5.19. The monoisotopic (exact) mass is 308 g/mol. The molecule has 0 saturated carbocycles. The summed E-state index contributed by atoms with van der Waals surface area (Å²) < 4.78 is 73.0. The van der Waals surface area contributed by atoms with Crippen LogP contribution in [-0.4, -0.2) is 31.0 Å². The minimum atomic E-state index is -4.89. The van der Waals surface area contributed by atoms with Crippen LogP contribution in [0, 0.1) is 0 Å². The fourth-order valence-corrected chi connectivity index (χ4v) is 2.56. The van der Waals surface area contributed by atoms with E-state index in [0.29, 0.717) is 11.1 Å². The summed E-state index contributed by atoms with van der Waals surface area (Å²) in [5.74, 6) is -1.52. The number of alkyl halides is 3. The third kappa shape index (κ3) is 3.59. The highest BCUT2D eigenvalue weighted by atomic mass is 32.2. The van der Waals surface area contributed by atoms with Gasteiger partial charge in [-0.25, -0.2) is 0 Å². The van der Waals surface area contributed by atoms with E-state index in [4.69, 9.17) is 9.29 Å². The van der Waals surface area contributed by atoms with Gasteiger partial charge in [0.15, 0.2) is 6.10 Å². The minimum Gasteiger partial charge on any atom is -0.356 e. The Hall–Kier alpha value is -1.38. The maximum Gasteiger partial charge on any atom is 0.415 e. The Balaban J connectivity index is 2.20. The number of halogens is 3. The lowest BCUT2D eigenvalue weighted by Gasteiger charge is -2.23. The first-order valence-electron chi connectivity index (χ1n) is 5.61. The van der Waals surface area contributed by atoms with Gasteiger partial charge in [-0.1, -0.05) is 36.4 Å². The molecule has 1 aromatic rings. The molecule has 1 aliphatic rings. The van der Waals surface area contributed by atoms with Crippen LogP contribution in [-0.2, 0) is 14.9 Å². The van der Waals surface area contributed by atoms with Gasteiger partial charge in [-0.15, -0.1) is 0 Å². The van der Waals surface area contributed by atoms with Crippen LogP contribution >= 0.6 is 0 Å². The smallest absolute Gasteiger partial charge is 0.356 e. The van der Waals surface area contributed by atoms with Crippen LogP contribution in [0.5, 0.6) is 0 Å². The van der Waals surface area contributed by atoms with Gasteiger partial charge < -0.3 is 4.74 Å². The van der Waals surface area contributed by atoms with Crippen molar-refractivity contribution >= 4 is 16.2 Å². The van der Waals surface area contributed by atoms with Gasteiger partial charge in [0.25, 0.3) is 10.1 Å². The van der Waals surface area contributed by atoms with Crippen molar-refractivity contribution in [2.45, 2.75) is 18.4 Å². The number of hydrogen-bond acceptors (Lipinski definition) is 3. The van der Waals surface area contributed by atoms with E-state index < -0.39 is 34.3 Å². The average Bonchev–Trinajstić information content (AvgIpc) is 2.69. The van der Waals surface area contributed by atoms with Crippen LogP contribution in [0.25, 0.3) is 6.08 Å². The number of hydrogen-bond donors (Lipinski definition) is 1. The van der Waals surface area contributed by atoms with Crippen molar-refractivity contribution in [3.63, 3.8) is 0 Å². The van der Waals surface area contributed by atoms with E-state index in [1.807, 2.05) is 0 Å². The maximum atomic E-state index is 12.8. The highest BCUT2D eigenvalue weighted by Crippen LogP contribution is 2.35. The van der Waals surface area contributed by atoms with Crippen LogP contribution < -0.4 is 0 Å². The van der Waals surface area contributed by atoms with Crippen molar-refractivity contribution in [1.29, 1.82) is 0 Å². The normalized spacial score (nSPS) is 19.9. The molecule has 0 aliphatic heterocycles. The van der Waals surface area contributed by atoms with Gasteiger partial charge >= 0.3 is 6.18 Å². The Morgan fingerprint density at radius 2 is 1.95 bits per heavy atom. The van der Waals surface area contributed by atoms with Crippen LogP contribution in [0.2, 0.25) is 0 Å². The van der Waals surface area contributed by atoms with Gasteiger partial charge in [0, 0.05) is 0 Å². The first-order chi connectivity index (χ1) is 9.17. The Morgan fingerprint density at radius 1 is 1.30 bits per heavy atom. The van der Waals surface area contributed by atoms with Crippen LogP contribution in [0.1, 0.15) is 17.2 Å². The summed E-state index contributed by atoms with van der Waals surface area (Å²) in [6, 6.07) is 6.68. The second-order valence-electron chi connectivity index (χ2n) is 4.32. The molecule has 0 saturated heterocycles. The van der Waals surface area contributed by atoms with E-state index in [-0.39, 0.29) is 0 Å². The van der Waals surface area contributed by atoms with Crippen molar-refractivity contribution in [3.05, 3.63) is 41.5 Å². The van der Waals surface area contributed by atoms with E-state index in [1.165, 1.54) is 6.08 Å². The number of ether oxygens (including phenoxy) is 1. The maximum absolute atomic E-state index is 12.8. The zero-order chi connectivity index (χ0) is 15.0. The minimum absolute atomic E-state index is 0.525. The molecule has 0 heterocycles. The molecule has 1 aromatic carbocycles. The van der Waals surface area contributed by atoms with Crippen molar-refractivity contribution in [2.24, 2.45) is 0 Å². The van der Waals surface area contributed by atoms with E-state index in [1.54, 1.807) is 30.3 Å². The van der Waals surface area contributed by atoms with Crippen LogP contribution in [0.3, 0.4) is 0 Å². The molecule has 0 bridgehead atoms. The Bertz CT molecular complexity index is 622. The third-order valence-electron chi connectivity index (χ3n) is 2.79. The first kappa shape index (κ1) is 15.0. The highest BCUT2D eigenvalue weighted by Gasteiger charge is 2.45. The molecule has 2 unspecified atom stereocenters. The van der Waals surface area contributed by atoms with Crippen molar-refractivity contribution in [2.75, 3.05) is 5.75 Å². The zero-order valence-corrected chi connectivity index (χ0v) is 10.9. The molecule has 0 fully saturated rings. The molecule has 1 aliphatic carbocycles. The first-order valence-corrected chi connectivity index (χ1v) is 7.22. The molecule has 0 spiro atoms. The van der Waals surface area contributed by atoms with Crippen molar-refractivity contribution < 1.29 is 30.9 Å². The fraction of sp³-hybridized carbons (Fsp3) is 0.333. The van der Waals surface area contributed by atoms with Crippen LogP contribution in [0.4, 0.5) is 13.2 Å². The molecule has 110 valence electrons. The lowest BCUT2D eigenvalue weighted by molar-refractivity contribution is -0.221. The van der Waals surface area contributed by atoms with Gasteiger partial charge in [-0.3, -0.25) is 4.55 Å². The summed E-state index contributed by atoms with van der Waals surface area (Å²) in [4.78, 5) is 0. The predicted molar refractivity (Wildman–Crippen MR) is 65.6 cm³/mol. The second-order valence-corrected chi connectivity index (χ2v) is 5.82. The highest BCUT2D eigenvalue weighted by molar-refractivity contribution is 7.85. The molecule has 0 aromatic heterocycles. The SMILES string of the molecule is O=S(=O)(O)CC(OC1C=Cc2ccccc21)C(F)(F)F. The zero-order valence-electron chi connectivity index (χ0n) is 10.0. The summed E-state index contributed by atoms with van der Waals surface area (Å²) in [6.45, 7) is 0. The van der Waals surface area contributed by atoms with Gasteiger partial charge in [-0.05, 0) is 11.1 Å². The predicted octanol–water partition coefficient (Wildman–Crippen LogP) is 2.59. The average molecular weight is 308 g/mol. The molecule has 1 N–H and O–H groups in total. The molecular weight excluding hydrogens is 297 g/mol. The lowest BCUT2D eigenvalue weighted by Crippen LogP contribution is -2.38. The summed E-state index contributed by atoms with van der Waals surface area (Å²) in [7, 11) is -4.79. The third-order valence-corrected chi connectivity index (χ3v) is 3.52. The van der Waals surface area contributed by atoms with Crippen molar-refractivity contribution in [3.8, 4) is 0 Å². The molecule has 0 amide bonds. The van der Waals surface area contributed by atoms with E-state index in [0.717, 1.165) is 0 Å². The molecule has 2 rings (SSSR count). The van der Waals surface area contributed by atoms with Crippen LogP contribution in [0.15, 0.2) is 30.3 Å². The number of fused-ring (bicyclic) bond motifs is 1. The largest absolute Gasteiger partial charge is 0.415 e. The van der Waals surface area contributed by atoms with Crippen molar-refractivity contribution in [1.82, 2.24) is 0 Å². The number of benzene rings is 1. The summed E-state index contributed by atoms with van der Waals surface area (Å²) in [5, 5.41) is 0. The topological polar surface area (TPSA) is 63.6 Å². The van der Waals surface area contributed by atoms with Gasteiger partial charge in [0.1, 0.15) is 11.9 Å². The molecule has 20 heavy (non-hydrogen) atoms. The van der Waals surface area contributed by atoms with E-state index in [9.17, 15) is 21.6 Å². The molecular formula is C12H11F3O4S. The van der Waals surface area contributed by atoms with Gasteiger partial charge in [0.05, 0.1) is 0 Å². The molecule has 2 atom stereocenters. The van der Waals surface area contributed by atoms with E-state index in [2.05, 4.69) is 0 Å². The Kier molecular flexibility index (Phi) is 3.90. The summed E-state index contributed by atoms with van der Waals surface area (Å²) >= 11 is 0. The molecule has 0 radical (unpaired) electrons. The standard InChI is InChI=1S/C12H11F3O4S/c13-12(14,15)11(7-20(16,17)18)19-10-6-5-8-3-1-2-4-9(8)10/h1-6,10-11H,7H2,(H,16,17,18). The lowest BCUT2D eigenvalue weighted by atomic mass is 10.1. The van der Waals surface area contributed by atoms with E-state index >= 15 is 0 Å². The molecule has 8 heteroatoms. The number of rotatable bonds is 4. The molecule has 4 nitrogen and oxygen atoms in total. The van der Waals surface area contributed by atoms with Gasteiger partial charge in [-0.2, -0.15) is 21.6 Å². The summed E-state index contributed by atoms with van der Waals surface area (Å²) in [5.41, 5.74) is 1.24. The van der Waals surface area contributed by atoms with Gasteiger partial charge in [0.2, 0.25) is 0 Å². The Morgan fingerprint density at radius 3 is 2.55 bits per heavy atom. The Labute approximate surface area is 113 Å². The fourth-order valence-electron chi connectivity index (χ4n) is 1.91. The quantitative estimate of drug-likeness (QED) is 0.868. The summed E-state index contributed by atoms with van der Waals surface area (Å²) in [6.07, 6.45) is -5.45.